The van der Waals surface area contributed by atoms with Crippen molar-refractivity contribution in [1.29, 1.82) is 0 Å². The molecule has 0 unspecified atom stereocenters. The van der Waals surface area contributed by atoms with E-state index in [0.717, 1.165) is 41.9 Å². The van der Waals surface area contributed by atoms with Gasteiger partial charge in [0.25, 0.3) is 0 Å². The summed E-state index contributed by atoms with van der Waals surface area (Å²) in [4.78, 5) is 0. The molecule has 4 fully saturated rings. The van der Waals surface area contributed by atoms with Crippen LogP contribution in [0, 0.1) is 58.2 Å². The molecule has 4 rings (SSSR count). The molecule has 4 saturated carbocycles. The van der Waals surface area contributed by atoms with Crippen molar-refractivity contribution < 1.29 is 5.11 Å². The molecule has 0 aromatic carbocycles. The highest BCUT2D eigenvalue weighted by Gasteiger charge is 2.61. The van der Waals surface area contributed by atoms with Crippen LogP contribution in [0.25, 0.3) is 0 Å². The fourth-order valence-corrected chi connectivity index (χ4v) is 9.84. The van der Waals surface area contributed by atoms with Gasteiger partial charge in [0.2, 0.25) is 0 Å². The maximum Gasteiger partial charge on any atom is 0.0476 e. The second kappa shape index (κ2) is 8.69. The Morgan fingerprint density at radius 2 is 1.50 bits per heavy atom. The number of rotatable bonds is 6. The molecular formula is C28H51NO. The number of aliphatic hydroxyl groups excluding tert-OH is 1. The summed E-state index contributed by atoms with van der Waals surface area (Å²) in [6.07, 6.45) is 15.3. The van der Waals surface area contributed by atoms with Crippen molar-refractivity contribution in [3.8, 4) is 0 Å². The number of hydrogen-bond donors (Lipinski definition) is 2. The molecule has 10 atom stereocenters. The largest absolute Gasteiger partial charge is 0.396 e. The quantitative estimate of drug-likeness (QED) is 0.508. The van der Waals surface area contributed by atoms with Gasteiger partial charge in [-0.2, -0.15) is 0 Å². The van der Waals surface area contributed by atoms with Crippen molar-refractivity contribution in [2.45, 2.75) is 111 Å². The zero-order valence-electron chi connectivity index (χ0n) is 20.7. The lowest BCUT2D eigenvalue weighted by molar-refractivity contribution is -0.138. The highest BCUT2D eigenvalue weighted by atomic mass is 16.3. The molecule has 0 radical (unpaired) electrons. The van der Waals surface area contributed by atoms with Crippen molar-refractivity contribution in [2.75, 3.05) is 6.61 Å². The fraction of sp³-hybridized carbons (Fsp3) is 1.00. The molecule has 0 aromatic heterocycles. The predicted molar refractivity (Wildman–Crippen MR) is 127 cm³/mol. The number of fused-ring (bicyclic) bond motifs is 5. The second-order valence-corrected chi connectivity index (χ2v) is 13.1. The molecular weight excluding hydrogens is 366 g/mol. The SMILES string of the molecule is CC(C)CCC[C@@H](C)[C@H]1CC[C@H]2[C@@H]3CC[C@H]4[C@H](CO)[C@H](N)CC[C@]4(C)[C@H]3CC[C@]12C. The molecule has 0 aromatic rings. The molecule has 4 aliphatic rings. The molecule has 0 saturated heterocycles. The number of hydrogen-bond acceptors (Lipinski definition) is 2. The summed E-state index contributed by atoms with van der Waals surface area (Å²) in [5.74, 6) is 6.47. The second-order valence-electron chi connectivity index (χ2n) is 13.1. The third-order valence-corrected chi connectivity index (χ3v) is 11.4. The fourth-order valence-electron chi connectivity index (χ4n) is 9.84. The summed E-state index contributed by atoms with van der Waals surface area (Å²) in [6.45, 7) is 12.9. The van der Waals surface area contributed by atoms with E-state index in [1.165, 1.54) is 64.2 Å². The van der Waals surface area contributed by atoms with E-state index in [1.54, 1.807) is 0 Å². The highest BCUT2D eigenvalue weighted by Crippen LogP contribution is 2.68. The van der Waals surface area contributed by atoms with E-state index < -0.39 is 0 Å². The first-order valence-corrected chi connectivity index (χ1v) is 13.6. The van der Waals surface area contributed by atoms with Gasteiger partial charge < -0.3 is 10.8 Å². The third-order valence-electron chi connectivity index (χ3n) is 11.4. The third kappa shape index (κ3) is 3.70. The molecule has 2 heteroatoms. The van der Waals surface area contributed by atoms with Crippen LogP contribution >= 0.6 is 0 Å². The smallest absolute Gasteiger partial charge is 0.0476 e. The van der Waals surface area contributed by atoms with Crippen molar-refractivity contribution in [3.63, 3.8) is 0 Å². The highest BCUT2D eigenvalue weighted by molar-refractivity contribution is 5.11. The zero-order chi connectivity index (χ0) is 21.7. The molecule has 3 N–H and O–H groups in total. The minimum absolute atomic E-state index is 0.223. The topological polar surface area (TPSA) is 46.2 Å². The van der Waals surface area contributed by atoms with Crippen LogP contribution in [-0.2, 0) is 0 Å². The van der Waals surface area contributed by atoms with Crippen LogP contribution in [-0.4, -0.2) is 17.8 Å². The average Bonchev–Trinajstić information content (AvgIpc) is 3.05. The molecule has 0 amide bonds. The first kappa shape index (κ1) is 23.1. The van der Waals surface area contributed by atoms with E-state index in [4.69, 9.17) is 5.73 Å². The van der Waals surface area contributed by atoms with Crippen molar-refractivity contribution in [3.05, 3.63) is 0 Å². The minimum atomic E-state index is 0.223. The van der Waals surface area contributed by atoms with Gasteiger partial charge in [-0.15, -0.1) is 0 Å². The van der Waals surface area contributed by atoms with Gasteiger partial charge in [0.15, 0.2) is 0 Å². The van der Waals surface area contributed by atoms with Gasteiger partial charge in [-0.1, -0.05) is 53.9 Å². The summed E-state index contributed by atoms with van der Waals surface area (Å²) in [5, 5.41) is 10.1. The Morgan fingerprint density at radius 1 is 0.833 bits per heavy atom. The zero-order valence-corrected chi connectivity index (χ0v) is 20.7. The maximum absolute atomic E-state index is 10.1. The molecule has 0 bridgehead atoms. The summed E-state index contributed by atoms with van der Waals surface area (Å²) in [7, 11) is 0. The van der Waals surface area contributed by atoms with Gasteiger partial charge in [0, 0.05) is 18.6 Å². The Labute approximate surface area is 187 Å². The van der Waals surface area contributed by atoms with Gasteiger partial charge in [0.05, 0.1) is 0 Å². The van der Waals surface area contributed by atoms with Crippen LogP contribution in [0.3, 0.4) is 0 Å². The molecule has 30 heavy (non-hydrogen) atoms. The Balaban J connectivity index is 1.48. The van der Waals surface area contributed by atoms with Crippen LogP contribution < -0.4 is 5.73 Å². The van der Waals surface area contributed by atoms with Crippen LogP contribution in [0.5, 0.6) is 0 Å². The van der Waals surface area contributed by atoms with Gasteiger partial charge in [-0.05, 0) is 104 Å². The Hall–Kier alpha value is -0.0800. The lowest BCUT2D eigenvalue weighted by atomic mass is 9.43. The predicted octanol–water partition coefficient (Wildman–Crippen LogP) is 6.65. The molecule has 0 spiro atoms. The summed E-state index contributed by atoms with van der Waals surface area (Å²) < 4.78 is 0. The first-order chi connectivity index (χ1) is 14.2. The van der Waals surface area contributed by atoms with Crippen LogP contribution in [0.1, 0.15) is 105 Å². The molecule has 174 valence electrons. The van der Waals surface area contributed by atoms with Gasteiger partial charge in [0.1, 0.15) is 0 Å². The maximum atomic E-state index is 10.1. The van der Waals surface area contributed by atoms with E-state index >= 15 is 0 Å². The Bertz CT molecular complexity index is 589. The monoisotopic (exact) mass is 417 g/mol. The molecule has 2 nitrogen and oxygen atoms in total. The van der Waals surface area contributed by atoms with Gasteiger partial charge >= 0.3 is 0 Å². The molecule has 4 aliphatic carbocycles. The summed E-state index contributed by atoms with van der Waals surface area (Å²) >= 11 is 0. The number of nitrogens with two attached hydrogens (primary N) is 1. The Morgan fingerprint density at radius 3 is 2.20 bits per heavy atom. The van der Waals surface area contributed by atoms with Crippen LogP contribution in [0.2, 0.25) is 0 Å². The van der Waals surface area contributed by atoms with Crippen molar-refractivity contribution in [1.82, 2.24) is 0 Å². The summed E-state index contributed by atoms with van der Waals surface area (Å²) in [6, 6.07) is 0.223. The minimum Gasteiger partial charge on any atom is -0.396 e. The first-order valence-electron chi connectivity index (χ1n) is 13.6. The average molecular weight is 418 g/mol. The van der Waals surface area contributed by atoms with E-state index in [0.29, 0.717) is 29.3 Å². The van der Waals surface area contributed by atoms with Crippen LogP contribution in [0.15, 0.2) is 0 Å². The van der Waals surface area contributed by atoms with Crippen molar-refractivity contribution in [2.24, 2.45) is 63.9 Å². The Kier molecular flexibility index (Phi) is 6.69. The standard InChI is InChI=1S/C28H51NO/c1-18(2)7-6-8-19(3)22-11-12-23-20-9-10-24-21(17-30)26(29)14-16-28(24,5)25(20)13-15-27(22,23)4/h18-26,30H,6-17,29H2,1-5H3/t19-,20+,21+,22-,23+,24+,25+,26-,27-,28+/m1/s1. The van der Waals surface area contributed by atoms with Gasteiger partial charge in [-0.25, -0.2) is 0 Å². The summed E-state index contributed by atoms with van der Waals surface area (Å²) in [5.41, 5.74) is 7.49. The lowest BCUT2D eigenvalue weighted by Crippen LogP contribution is -2.58. The normalized spacial score (nSPS) is 49.4. The van der Waals surface area contributed by atoms with Crippen molar-refractivity contribution >= 4 is 0 Å². The van der Waals surface area contributed by atoms with E-state index in [1.807, 2.05) is 0 Å². The molecule has 0 aliphatic heterocycles. The van der Waals surface area contributed by atoms with Crippen LogP contribution in [0.4, 0.5) is 0 Å². The van der Waals surface area contributed by atoms with Gasteiger partial charge in [-0.3, -0.25) is 0 Å². The lowest BCUT2D eigenvalue weighted by Gasteiger charge is -2.62. The molecule has 0 heterocycles. The van der Waals surface area contributed by atoms with E-state index in [2.05, 4.69) is 34.6 Å². The van der Waals surface area contributed by atoms with E-state index in [-0.39, 0.29) is 6.04 Å². The number of aliphatic hydroxyl groups is 1. The van der Waals surface area contributed by atoms with E-state index in [9.17, 15) is 5.11 Å².